The molecule has 6 nitrogen and oxygen atoms in total. The molecule has 0 aromatic rings. The molecule has 0 aromatic heterocycles. The first-order valence-corrected chi connectivity index (χ1v) is 7.54. The van der Waals surface area contributed by atoms with E-state index in [2.05, 4.69) is 10.6 Å². The maximum Gasteiger partial charge on any atom is 0.315 e. The Labute approximate surface area is 119 Å². The van der Waals surface area contributed by atoms with Gasteiger partial charge in [0.05, 0.1) is 12.1 Å². The molecular weight excluding hydrogens is 260 g/mol. The highest BCUT2D eigenvalue weighted by Crippen LogP contribution is 2.38. The van der Waals surface area contributed by atoms with Crippen molar-refractivity contribution in [2.75, 3.05) is 13.2 Å². The second-order valence-corrected chi connectivity index (χ2v) is 5.67. The fraction of sp³-hybridized carbons (Fsp3) is 0.857. The van der Waals surface area contributed by atoms with Crippen molar-refractivity contribution in [1.29, 1.82) is 0 Å². The van der Waals surface area contributed by atoms with Crippen molar-refractivity contribution in [2.45, 2.75) is 57.1 Å². The van der Waals surface area contributed by atoms with E-state index in [-0.39, 0.29) is 24.6 Å². The van der Waals surface area contributed by atoms with E-state index >= 15 is 0 Å². The fourth-order valence-corrected chi connectivity index (χ4v) is 2.65. The number of rotatable bonds is 8. The predicted molar refractivity (Wildman–Crippen MR) is 73.5 cm³/mol. The molecular formula is C14H24N2O4. The second kappa shape index (κ2) is 7.47. The Bertz CT molecular complexity index is 344. The highest BCUT2D eigenvalue weighted by molar-refractivity contribution is 5.74. The average Bonchev–Trinajstić information content (AvgIpc) is 3.14. The van der Waals surface area contributed by atoms with Gasteiger partial charge in [-0.2, -0.15) is 0 Å². The first-order chi connectivity index (χ1) is 9.66. The van der Waals surface area contributed by atoms with Crippen LogP contribution in [0.3, 0.4) is 0 Å². The maximum absolute atomic E-state index is 11.8. The molecule has 1 saturated carbocycles. The minimum atomic E-state index is -0.761. The van der Waals surface area contributed by atoms with Crippen molar-refractivity contribution in [2.24, 2.45) is 5.92 Å². The quantitative estimate of drug-likeness (QED) is 0.589. The summed E-state index contributed by atoms with van der Waals surface area (Å²) in [4.78, 5) is 22.1. The Morgan fingerprint density at radius 1 is 1.15 bits per heavy atom. The van der Waals surface area contributed by atoms with Crippen LogP contribution >= 0.6 is 0 Å². The van der Waals surface area contributed by atoms with Gasteiger partial charge in [0.25, 0.3) is 0 Å². The zero-order valence-electron chi connectivity index (χ0n) is 11.8. The van der Waals surface area contributed by atoms with Gasteiger partial charge < -0.3 is 20.5 Å². The molecule has 0 bridgehead atoms. The Hall–Kier alpha value is -1.30. The zero-order valence-corrected chi connectivity index (χ0v) is 11.8. The van der Waals surface area contributed by atoms with Gasteiger partial charge in [0.15, 0.2) is 0 Å². The SMILES string of the molecule is O=C(O)CCCCCNC(=O)NC1CCOC1C1CC1. The summed E-state index contributed by atoms with van der Waals surface area (Å²) in [6.07, 6.45) is 6.04. The van der Waals surface area contributed by atoms with E-state index in [9.17, 15) is 9.59 Å². The average molecular weight is 284 g/mol. The molecule has 2 unspecified atom stereocenters. The van der Waals surface area contributed by atoms with Gasteiger partial charge in [0, 0.05) is 19.6 Å². The van der Waals surface area contributed by atoms with Gasteiger partial charge in [-0.3, -0.25) is 4.79 Å². The largest absolute Gasteiger partial charge is 0.481 e. The van der Waals surface area contributed by atoms with Crippen LogP contribution in [0.15, 0.2) is 0 Å². The minimum absolute atomic E-state index is 0.135. The summed E-state index contributed by atoms with van der Waals surface area (Å²) < 4.78 is 5.67. The number of hydrogen-bond donors (Lipinski definition) is 3. The number of carbonyl (C=O) groups is 2. The van der Waals surface area contributed by atoms with E-state index in [1.807, 2.05) is 0 Å². The van der Waals surface area contributed by atoms with Gasteiger partial charge in [-0.15, -0.1) is 0 Å². The number of hydrogen-bond acceptors (Lipinski definition) is 3. The second-order valence-electron chi connectivity index (χ2n) is 5.67. The van der Waals surface area contributed by atoms with Crippen LogP contribution in [0.5, 0.6) is 0 Å². The minimum Gasteiger partial charge on any atom is -0.481 e. The predicted octanol–water partition coefficient (Wildman–Crippen LogP) is 1.50. The van der Waals surface area contributed by atoms with Crippen LogP contribution in [0.25, 0.3) is 0 Å². The van der Waals surface area contributed by atoms with Crippen LogP contribution in [0.2, 0.25) is 0 Å². The molecule has 3 N–H and O–H groups in total. The van der Waals surface area contributed by atoms with Crippen molar-refractivity contribution in [3.63, 3.8) is 0 Å². The molecule has 20 heavy (non-hydrogen) atoms. The first-order valence-electron chi connectivity index (χ1n) is 7.54. The standard InChI is InChI=1S/C14H24N2O4/c17-12(18)4-2-1-3-8-15-14(19)16-11-7-9-20-13(11)10-5-6-10/h10-11,13H,1-9H2,(H,17,18)(H2,15,16,19). The van der Waals surface area contributed by atoms with Crippen molar-refractivity contribution < 1.29 is 19.4 Å². The van der Waals surface area contributed by atoms with Gasteiger partial charge >= 0.3 is 12.0 Å². The molecule has 2 amide bonds. The molecule has 2 rings (SSSR count). The molecule has 1 aliphatic heterocycles. The van der Waals surface area contributed by atoms with E-state index in [1.54, 1.807) is 0 Å². The Morgan fingerprint density at radius 2 is 1.95 bits per heavy atom. The highest BCUT2D eigenvalue weighted by Gasteiger charge is 2.41. The number of carboxylic acids is 1. The molecule has 1 heterocycles. The van der Waals surface area contributed by atoms with E-state index in [0.717, 1.165) is 25.9 Å². The van der Waals surface area contributed by atoms with Gasteiger partial charge in [-0.1, -0.05) is 6.42 Å². The summed E-state index contributed by atoms with van der Waals surface area (Å²) in [7, 11) is 0. The zero-order chi connectivity index (χ0) is 14.4. The highest BCUT2D eigenvalue weighted by atomic mass is 16.5. The number of urea groups is 1. The molecule has 6 heteroatoms. The topological polar surface area (TPSA) is 87.7 Å². The molecule has 114 valence electrons. The summed E-state index contributed by atoms with van der Waals surface area (Å²) in [6, 6.07) is 0.0129. The van der Waals surface area contributed by atoms with Crippen LogP contribution in [-0.2, 0) is 9.53 Å². The lowest BCUT2D eigenvalue weighted by Crippen LogP contribution is -2.46. The summed E-state index contributed by atoms with van der Waals surface area (Å²) in [5.41, 5.74) is 0. The Balaban J connectivity index is 1.52. The van der Waals surface area contributed by atoms with E-state index in [1.165, 1.54) is 12.8 Å². The lowest BCUT2D eigenvalue weighted by molar-refractivity contribution is -0.137. The normalized spacial score (nSPS) is 25.4. The van der Waals surface area contributed by atoms with Crippen molar-refractivity contribution >= 4 is 12.0 Å². The summed E-state index contributed by atoms with van der Waals surface area (Å²) in [5, 5.41) is 14.3. The molecule has 2 atom stereocenters. The van der Waals surface area contributed by atoms with Crippen LogP contribution < -0.4 is 10.6 Å². The number of aliphatic carboxylic acids is 1. The van der Waals surface area contributed by atoms with E-state index in [4.69, 9.17) is 9.84 Å². The van der Waals surface area contributed by atoms with Crippen molar-refractivity contribution in [1.82, 2.24) is 10.6 Å². The third kappa shape index (κ3) is 5.00. The lowest BCUT2D eigenvalue weighted by atomic mass is 10.1. The third-order valence-corrected chi connectivity index (χ3v) is 3.89. The Kier molecular flexibility index (Phi) is 5.64. The molecule has 1 saturated heterocycles. The molecule has 2 fully saturated rings. The van der Waals surface area contributed by atoms with Crippen LogP contribution in [-0.4, -0.2) is 42.4 Å². The molecule has 0 aromatic carbocycles. The number of amides is 2. The summed E-state index contributed by atoms with van der Waals surface area (Å²) in [5.74, 6) is -0.123. The monoisotopic (exact) mass is 284 g/mol. The number of unbranched alkanes of at least 4 members (excludes halogenated alkanes) is 2. The Morgan fingerprint density at radius 3 is 2.65 bits per heavy atom. The smallest absolute Gasteiger partial charge is 0.315 e. The maximum atomic E-state index is 11.8. The van der Waals surface area contributed by atoms with Gasteiger partial charge in [0.1, 0.15) is 0 Å². The molecule has 0 spiro atoms. The summed E-state index contributed by atoms with van der Waals surface area (Å²) in [6.45, 7) is 1.33. The molecule has 1 aliphatic carbocycles. The van der Waals surface area contributed by atoms with Gasteiger partial charge in [-0.25, -0.2) is 4.79 Å². The van der Waals surface area contributed by atoms with Crippen LogP contribution in [0.1, 0.15) is 44.9 Å². The fourth-order valence-electron chi connectivity index (χ4n) is 2.65. The van der Waals surface area contributed by atoms with Crippen LogP contribution in [0.4, 0.5) is 4.79 Å². The van der Waals surface area contributed by atoms with Gasteiger partial charge in [-0.05, 0) is 38.0 Å². The summed E-state index contributed by atoms with van der Waals surface area (Å²) >= 11 is 0. The molecule has 2 aliphatic rings. The number of nitrogens with one attached hydrogen (secondary N) is 2. The number of carbonyl (C=O) groups excluding carboxylic acids is 1. The van der Waals surface area contributed by atoms with Crippen LogP contribution in [0, 0.1) is 5.92 Å². The number of ether oxygens (including phenoxy) is 1. The third-order valence-electron chi connectivity index (χ3n) is 3.89. The van der Waals surface area contributed by atoms with Crippen molar-refractivity contribution in [3.8, 4) is 0 Å². The first kappa shape index (κ1) is 15.1. The lowest BCUT2D eigenvalue weighted by Gasteiger charge is -2.19. The van der Waals surface area contributed by atoms with E-state index in [0.29, 0.717) is 18.9 Å². The molecule has 0 radical (unpaired) electrons. The van der Waals surface area contributed by atoms with Crippen molar-refractivity contribution in [3.05, 3.63) is 0 Å². The number of carboxylic acid groups (broad SMARTS) is 1. The van der Waals surface area contributed by atoms with E-state index < -0.39 is 5.97 Å². The van der Waals surface area contributed by atoms with Gasteiger partial charge in [0.2, 0.25) is 0 Å².